The van der Waals surface area contributed by atoms with Crippen LogP contribution in [0.3, 0.4) is 0 Å². The van der Waals surface area contributed by atoms with Gasteiger partial charge >= 0.3 is 5.97 Å². The van der Waals surface area contributed by atoms with Gasteiger partial charge in [0.25, 0.3) is 0 Å². The number of sulfonamides is 1. The highest BCUT2D eigenvalue weighted by molar-refractivity contribution is 7.90. The summed E-state index contributed by atoms with van der Waals surface area (Å²) in [5.41, 5.74) is 1.54. The molecule has 1 fully saturated rings. The summed E-state index contributed by atoms with van der Waals surface area (Å²) in [7, 11) is 0.274. The second-order valence-corrected chi connectivity index (χ2v) is 10.0. The van der Waals surface area contributed by atoms with Crippen molar-refractivity contribution in [3.05, 3.63) is 59.7 Å². The Balaban J connectivity index is 1.92. The zero-order valence-corrected chi connectivity index (χ0v) is 20.0. The van der Waals surface area contributed by atoms with E-state index in [1.807, 2.05) is 24.3 Å². The van der Waals surface area contributed by atoms with E-state index in [0.717, 1.165) is 24.0 Å². The van der Waals surface area contributed by atoms with Crippen LogP contribution in [0.5, 0.6) is 11.5 Å². The van der Waals surface area contributed by atoms with Crippen molar-refractivity contribution in [1.29, 1.82) is 0 Å². The summed E-state index contributed by atoms with van der Waals surface area (Å²) < 4.78 is 49.8. The lowest BCUT2D eigenvalue weighted by molar-refractivity contribution is -0.140. The first kappa shape index (κ1) is 25.0. The fraction of sp³-hybridized carbons (Fsp3) is 0.458. The van der Waals surface area contributed by atoms with Crippen molar-refractivity contribution in [1.82, 2.24) is 4.31 Å². The fourth-order valence-corrected chi connectivity index (χ4v) is 5.64. The molecule has 2 aromatic rings. The molecule has 2 atom stereocenters. The first-order valence-electron chi connectivity index (χ1n) is 10.8. The number of hydrogen-bond donors (Lipinski definition) is 0. The number of esters is 1. The molecule has 180 valence electrons. The van der Waals surface area contributed by atoms with Crippen molar-refractivity contribution >= 4 is 16.0 Å². The van der Waals surface area contributed by atoms with E-state index in [9.17, 15) is 13.2 Å². The van der Waals surface area contributed by atoms with Gasteiger partial charge in [0, 0.05) is 26.1 Å². The summed E-state index contributed by atoms with van der Waals surface area (Å²) in [5.74, 6) is 0.572. The number of nitrogens with zero attached hydrogens (tertiary/aromatic N) is 1. The Kier molecular flexibility index (Phi) is 8.71. The molecule has 33 heavy (non-hydrogen) atoms. The van der Waals surface area contributed by atoms with Gasteiger partial charge in [-0.3, -0.25) is 4.79 Å². The molecule has 0 unspecified atom stereocenters. The van der Waals surface area contributed by atoms with Gasteiger partial charge in [-0.1, -0.05) is 24.3 Å². The van der Waals surface area contributed by atoms with E-state index in [1.165, 1.54) is 11.4 Å². The number of carbonyl (C=O) groups is 1. The normalized spacial score (nSPS) is 17.0. The van der Waals surface area contributed by atoms with Gasteiger partial charge in [-0.05, 0) is 48.2 Å². The second-order valence-electron chi connectivity index (χ2n) is 7.89. The van der Waals surface area contributed by atoms with E-state index in [1.54, 1.807) is 38.5 Å². The molecule has 2 aromatic carbocycles. The van der Waals surface area contributed by atoms with Crippen LogP contribution in [0.2, 0.25) is 0 Å². The van der Waals surface area contributed by atoms with E-state index in [-0.39, 0.29) is 25.6 Å². The molecule has 0 spiro atoms. The Morgan fingerprint density at radius 1 is 0.970 bits per heavy atom. The smallest absolute Gasteiger partial charge is 0.325 e. The number of carbonyl (C=O) groups excluding carboxylic acids is 1. The number of methoxy groups -OCH3 is 3. The molecule has 1 heterocycles. The molecule has 1 saturated heterocycles. The topological polar surface area (TPSA) is 91.4 Å². The van der Waals surface area contributed by atoms with Crippen molar-refractivity contribution in [2.24, 2.45) is 0 Å². The predicted octanol–water partition coefficient (Wildman–Crippen LogP) is 3.15. The van der Waals surface area contributed by atoms with Crippen LogP contribution in [0.1, 0.15) is 30.4 Å². The van der Waals surface area contributed by atoms with Gasteiger partial charge in [-0.25, -0.2) is 8.42 Å². The minimum absolute atomic E-state index is 0.0662. The molecular weight excluding hydrogens is 446 g/mol. The highest BCUT2D eigenvalue weighted by Crippen LogP contribution is 2.26. The maximum Gasteiger partial charge on any atom is 0.325 e. The van der Waals surface area contributed by atoms with Crippen LogP contribution >= 0.6 is 0 Å². The standard InChI is InChI=1S/C24H31NO7S/c1-29-20-10-6-18(7-11-20)16-25(17-19-8-12-21(30-2)13-9-19)33(27,28)23(24(26)31-3)15-22-5-4-14-32-22/h6-13,22-23H,4-5,14-17H2,1-3H3/t22-,23-/m0/s1. The molecule has 9 heteroatoms. The minimum Gasteiger partial charge on any atom is -0.497 e. The Bertz CT molecular complexity index is 951. The highest BCUT2D eigenvalue weighted by atomic mass is 32.2. The lowest BCUT2D eigenvalue weighted by Crippen LogP contribution is -2.44. The van der Waals surface area contributed by atoms with E-state index in [0.29, 0.717) is 18.1 Å². The predicted molar refractivity (Wildman–Crippen MR) is 124 cm³/mol. The Hall–Kier alpha value is -2.62. The lowest BCUT2D eigenvalue weighted by Gasteiger charge is -2.28. The molecule has 1 aliphatic rings. The van der Waals surface area contributed by atoms with Gasteiger partial charge in [-0.2, -0.15) is 4.31 Å². The Morgan fingerprint density at radius 3 is 1.88 bits per heavy atom. The Morgan fingerprint density at radius 2 is 1.48 bits per heavy atom. The van der Waals surface area contributed by atoms with E-state index < -0.39 is 21.2 Å². The third kappa shape index (κ3) is 6.46. The van der Waals surface area contributed by atoms with Crippen molar-refractivity contribution in [3.8, 4) is 11.5 Å². The number of hydrogen-bond acceptors (Lipinski definition) is 7. The molecule has 0 amide bonds. The first-order chi connectivity index (χ1) is 15.9. The summed E-state index contributed by atoms with van der Waals surface area (Å²) in [6.07, 6.45) is 1.35. The number of ether oxygens (including phenoxy) is 4. The van der Waals surface area contributed by atoms with Crippen molar-refractivity contribution in [3.63, 3.8) is 0 Å². The third-order valence-corrected chi connectivity index (χ3v) is 7.80. The molecule has 0 aliphatic carbocycles. The summed E-state index contributed by atoms with van der Waals surface area (Å²) >= 11 is 0. The van der Waals surface area contributed by atoms with Crippen LogP contribution in [-0.2, 0) is 37.4 Å². The quantitative estimate of drug-likeness (QED) is 0.459. The van der Waals surface area contributed by atoms with Crippen molar-refractivity contribution in [2.45, 2.75) is 43.7 Å². The largest absolute Gasteiger partial charge is 0.497 e. The van der Waals surface area contributed by atoms with Crippen LogP contribution in [0.15, 0.2) is 48.5 Å². The SMILES string of the molecule is COC(=O)[C@H](C[C@@H]1CCCO1)S(=O)(=O)N(Cc1ccc(OC)cc1)Cc1ccc(OC)cc1. The molecule has 0 aromatic heterocycles. The molecule has 8 nitrogen and oxygen atoms in total. The fourth-order valence-electron chi connectivity index (χ4n) is 3.82. The van der Waals surface area contributed by atoms with E-state index in [4.69, 9.17) is 18.9 Å². The van der Waals surface area contributed by atoms with Gasteiger partial charge in [0.15, 0.2) is 5.25 Å². The maximum absolute atomic E-state index is 13.8. The Labute approximate surface area is 195 Å². The lowest BCUT2D eigenvalue weighted by atomic mass is 10.1. The molecular formula is C24H31NO7S. The summed E-state index contributed by atoms with van der Waals surface area (Å²) in [5, 5.41) is -1.35. The minimum atomic E-state index is -4.07. The number of rotatable bonds is 11. The number of benzene rings is 2. The average molecular weight is 478 g/mol. The molecule has 3 rings (SSSR count). The molecule has 1 aliphatic heterocycles. The highest BCUT2D eigenvalue weighted by Gasteiger charge is 2.41. The average Bonchev–Trinajstić information content (AvgIpc) is 3.36. The van der Waals surface area contributed by atoms with Gasteiger partial charge < -0.3 is 18.9 Å². The summed E-state index contributed by atoms with van der Waals surface area (Å²) in [4.78, 5) is 12.6. The maximum atomic E-state index is 13.8. The van der Waals surface area contributed by atoms with E-state index >= 15 is 0 Å². The molecule has 0 radical (unpaired) electrons. The zero-order chi connectivity index (χ0) is 23.8. The van der Waals surface area contributed by atoms with Crippen molar-refractivity contribution in [2.75, 3.05) is 27.9 Å². The van der Waals surface area contributed by atoms with Crippen LogP contribution < -0.4 is 9.47 Å². The van der Waals surface area contributed by atoms with Gasteiger partial charge in [0.1, 0.15) is 11.5 Å². The first-order valence-corrected chi connectivity index (χ1v) is 12.3. The zero-order valence-electron chi connectivity index (χ0n) is 19.2. The monoisotopic (exact) mass is 477 g/mol. The van der Waals surface area contributed by atoms with E-state index in [2.05, 4.69) is 0 Å². The third-order valence-electron chi connectivity index (χ3n) is 5.72. The molecule has 0 saturated carbocycles. The van der Waals surface area contributed by atoms with Crippen LogP contribution in [0.25, 0.3) is 0 Å². The van der Waals surface area contributed by atoms with Crippen LogP contribution in [0.4, 0.5) is 0 Å². The summed E-state index contributed by atoms with van der Waals surface area (Å²) in [6, 6.07) is 14.3. The molecule has 0 bridgehead atoms. The van der Waals surface area contributed by atoms with Gasteiger partial charge in [-0.15, -0.1) is 0 Å². The molecule has 0 N–H and O–H groups in total. The summed E-state index contributed by atoms with van der Waals surface area (Å²) in [6.45, 7) is 0.759. The van der Waals surface area contributed by atoms with Gasteiger partial charge in [0.05, 0.1) is 27.4 Å². The second kappa shape index (κ2) is 11.5. The van der Waals surface area contributed by atoms with Gasteiger partial charge in [0.2, 0.25) is 10.0 Å². The van der Waals surface area contributed by atoms with Crippen molar-refractivity contribution < 1.29 is 32.2 Å². The van der Waals surface area contributed by atoms with Crippen LogP contribution in [-0.4, -0.2) is 58.0 Å². The van der Waals surface area contributed by atoms with Crippen LogP contribution in [0, 0.1) is 0 Å².